The Morgan fingerprint density at radius 3 is 2.42 bits per heavy atom. The van der Waals surface area contributed by atoms with Gasteiger partial charge >= 0.3 is 6.18 Å². The van der Waals surface area contributed by atoms with Crippen LogP contribution in [0, 0.1) is 11.3 Å². The lowest BCUT2D eigenvalue weighted by Gasteiger charge is -2.44. The van der Waals surface area contributed by atoms with Crippen LogP contribution in [0.4, 0.5) is 13.2 Å². The van der Waals surface area contributed by atoms with E-state index >= 15 is 0 Å². The van der Waals surface area contributed by atoms with Crippen LogP contribution >= 0.6 is 0 Å². The molecule has 2 aliphatic rings. The Kier molecular flexibility index (Phi) is 2.73. The molecular formula is C15H15F3O. The van der Waals surface area contributed by atoms with Crippen LogP contribution in [0.15, 0.2) is 24.3 Å². The Morgan fingerprint density at radius 1 is 1.21 bits per heavy atom. The molecule has 0 N–H and O–H groups in total. The summed E-state index contributed by atoms with van der Waals surface area (Å²) < 4.78 is 39.5. The number of ketones is 1. The minimum Gasteiger partial charge on any atom is -0.294 e. The first-order valence-corrected chi connectivity index (χ1v) is 6.62. The molecule has 3 rings (SSSR count). The Bertz CT molecular complexity index is 514. The van der Waals surface area contributed by atoms with Gasteiger partial charge in [-0.25, -0.2) is 0 Å². The number of benzene rings is 1. The fourth-order valence-electron chi connectivity index (χ4n) is 3.36. The monoisotopic (exact) mass is 268 g/mol. The lowest BCUT2D eigenvalue weighted by molar-refractivity contribution is -0.255. The zero-order chi connectivity index (χ0) is 13.7. The van der Waals surface area contributed by atoms with E-state index in [2.05, 4.69) is 0 Å². The van der Waals surface area contributed by atoms with Crippen LogP contribution in [0.3, 0.4) is 0 Å². The van der Waals surface area contributed by atoms with E-state index in [1.807, 2.05) is 12.1 Å². The number of Topliss-reactive ketones (excluding diaryl/α,β-unsaturated/α-hetero) is 1. The van der Waals surface area contributed by atoms with Crippen LogP contribution in [0.25, 0.3) is 0 Å². The van der Waals surface area contributed by atoms with Gasteiger partial charge in [0.2, 0.25) is 0 Å². The van der Waals surface area contributed by atoms with Crippen molar-refractivity contribution in [2.24, 2.45) is 11.3 Å². The summed E-state index contributed by atoms with van der Waals surface area (Å²) in [6.07, 6.45) is -2.78. The molecular weight excluding hydrogens is 253 g/mol. The molecule has 0 bridgehead atoms. The average molecular weight is 268 g/mol. The smallest absolute Gasteiger partial charge is 0.294 e. The molecule has 0 amide bonds. The van der Waals surface area contributed by atoms with Crippen LogP contribution < -0.4 is 0 Å². The van der Waals surface area contributed by atoms with Crippen molar-refractivity contribution in [2.45, 2.75) is 38.3 Å². The lowest BCUT2D eigenvalue weighted by Crippen LogP contribution is -2.45. The summed E-state index contributed by atoms with van der Waals surface area (Å²) in [4.78, 5) is 12.2. The second-order valence-corrected chi connectivity index (χ2v) is 5.76. The molecule has 4 heteroatoms. The first kappa shape index (κ1) is 12.7. The van der Waals surface area contributed by atoms with Gasteiger partial charge in [0.05, 0.1) is 5.41 Å². The van der Waals surface area contributed by atoms with E-state index in [-0.39, 0.29) is 25.0 Å². The molecule has 0 saturated heterocycles. The fourth-order valence-corrected chi connectivity index (χ4v) is 3.36. The molecule has 1 fully saturated rings. The number of halogens is 3. The first-order valence-electron chi connectivity index (χ1n) is 6.62. The van der Waals surface area contributed by atoms with Gasteiger partial charge in [-0.3, -0.25) is 4.79 Å². The molecule has 102 valence electrons. The number of carbonyl (C=O) groups excluding carboxylic acids is 1. The van der Waals surface area contributed by atoms with Gasteiger partial charge in [-0.15, -0.1) is 0 Å². The van der Waals surface area contributed by atoms with E-state index < -0.39 is 17.5 Å². The van der Waals surface area contributed by atoms with Gasteiger partial charge < -0.3 is 0 Å². The zero-order valence-electron chi connectivity index (χ0n) is 10.5. The van der Waals surface area contributed by atoms with E-state index in [9.17, 15) is 18.0 Å². The Balaban J connectivity index is 1.81. The third-order valence-electron chi connectivity index (χ3n) is 4.67. The molecule has 0 heterocycles. The summed E-state index contributed by atoms with van der Waals surface area (Å²) in [5.74, 6) is -0.592. The number of rotatable bonds is 2. The van der Waals surface area contributed by atoms with Crippen molar-refractivity contribution in [1.82, 2.24) is 0 Å². The third kappa shape index (κ3) is 1.88. The molecule has 19 heavy (non-hydrogen) atoms. The highest BCUT2D eigenvalue weighted by Crippen LogP contribution is 2.57. The summed E-state index contributed by atoms with van der Waals surface area (Å²) >= 11 is 0. The predicted molar refractivity (Wildman–Crippen MR) is 64.9 cm³/mol. The van der Waals surface area contributed by atoms with Crippen molar-refractivity contribution in [3.63, 3.8) is 0 Å². The van der Waals surface area contributed by atoms with Crippen LogP contribution in [-0.2, 0) is 6.42 Å². The quantitative estimate of drug-likeness (QED) is 0.787. The summed E-state index contributed by atoms with van der Waals surface area (Å²) in [6, 6.07) is 7.16. The minimum atomic E-state index is -4.18. The Hall–Kier alpha value is -1.32. The second-order valence-electron chi connectivity index (χ2n) is 5.76. The molecule has 0 aliphatic heterocycles. The highest BCUT2D eigenvalue weighted by Gasteiger charge is 2.59. The normalized spacial score (nSPS) is 25.0. The maximum absolute atomic E-state index is 13.2. The van der Waals surface area contributed by atoms with Crippen molar-refractivity contribution < 1.29 is 18.0 Å². The van der Waals surface area contributed by atoms with Gasteiger partial charge in [0.1, 0.15) is 0 Å². The maximum Gasteiger partial charge on any atom is 0.394 e. The third-order valence-corrected chi connectivity index (χ3v) is 4.67. The molecule has 1 aromatic carbocycles. The fraction of sp³-hybridized carbons (Fsp3) is 0.533. The highest BCUT2D eigenvalue weighted by molar-refractivity contribution is 6.02. The van der Waals surface area contributed by atoms with Gasteiger partial charge in [-0.05, 0) is 31.2 Å². The van der Waals surface area contributed by atoms with Gasteiger partial charge in [-0.2, -0.15) is 13.2 Å². The topological polar surface area (TPSA) is 17.1 Å². The summed E-state index contributed by atoms with van der Waals surface area (Å²) in [7, 11) is 0. The molecule has 1 atom stereocenters. The van der Waals surface area contributed by atoms with E-state index in [1.165, 1.54) is 0 Å². The molecule has 1 aromatic rings. The van der Waals surface area contributed by atoms with Gasteiger partial charge in [0, 0.05) is 11.5 Å². The molecule has 0 radical (unpaired) electrons. The molecule has 1 saturated carbocycles. The zero-order valence-corrected chi connectivity index (χ0v) is 10.5. The van der Waals surface area contributed by atoms with E-state index in [4.69, 9.17) is 0 Å². The minimum absolute atomic E-state index is 0.0377. The lowest BCUT2D eigenvalue weighted by atomic mass is 9.63. The van der Waals surface area contributed by atoms with Crippen molar-refractivity contribution in [1.29, 1.82) is 0 Å². The van der Waals surface area contributed by atoms with Crippen molar-refractivity contribution >= 4 is 5.78 Å². The molecule has 0 unspecified atom stereocenters. The van der Waals surface area contributed by atoms with Crippen LogP contribution in [0.5, 0.6) is 0 Å². The highest BCUT2D eigenvalue weighted by atomic mass is 19.4. The van der Waals surface area contributed by atoms with E-state index in [1.54, 1.807) is 12.1 Å². The SMILES string of the molecule is O=C1c2ccccc2C[C@@H]1CC1(C(F)(F)F)CCC1. The van der Waals surface area contributed by atoms with Gasteiger partial charge in [-0.1, -0.05) is 30.7 Å². The first-order chi connectivity index (χ1) is 8.93. The summed E-state index contributed by atoms with van der Waals surface area (Å²) in [6.45, 7) is 0. The van der Waals surface area contributed by atoms with Crippen LogP contribution in [-0.4, -0.2) is 12.0 Å². The second kappa shape index (κ2) is 4.09. The van der Waals surface area contributed by atoms with Crippen molar-refractivity contribution in [2.75, 3.05) is 0 Å². The predicted octanol–water partition coefficient (Wildman–Crippen LogP) is 4.16. The number of carbonyl (C=O) groups is 1. The number of fused-ring (bicyclic) bond motifs is 1. The molecule has 0 spiro atoms. The number of hydrogen-bond donors (Lipinski definition) is 0. The van der Waals surface area contributed by atoms with Gasteiger partial charge in [0.25, 0.3) is 0 Å². The van der Waals surface area contributed by atoms with E-state index in [0.29, 0.717) is 18.4 Å². The Morgan fingerprint density at radius 2 is 1.89 bits per heavy atom. The van der Waals surface area contributed by atoms with Gasteiger partial charge in [0.15, 0.2) is 5.78 Å². The maximum atomic E-state index is 13.2. The van der Waals surface area contributed by atoms with E-state index in [0.717, 1.165) is 5.56 Å². The largest absolute Gasteiger partial charge is 0.394 e. The number of hydrogen-bond acceptors (Lipinski definition) is 1. The average Bonchev–Trinajstić information content (AvgIpc) is 2.60. The van der Waals surface area contributed by atoms with Crippen LogP contribution in [0.1, 0.15) is 41.6 Å². The van der Waals surface area contributed by atoms with Crippen LogP contribution in [0.2, 0.25) is 0 Å². The molecule has 2 aliphatic carbocycles. The standard InChI is InChI=1S/C15H15F3O/c16-15(17,18)14(6-3-7-14)9-11-8-10-4-1-2-5-12(10)13(11)19/h1-2,4-5,11H,3,6-9H2/t11-/m1/s1. The molecule has 1 nitrogen and oxygen atoms in total. The Labute approximate surface area is 109 Å². The van der Waals surface area contributed by atoms with Crippen molar-refractivity contribution in [3.8, 4) is 0 Å². The molecule has 0 aromatic heterocycles. The van der Waals surface area contributed by atoms with Crippen molar-refractivity contribution in [3.05, 3.63) is 35.4 Å². The number of alkyl halides is 3. The summed E-state index contributed by atoms with van der Waals surface area (Å²) in [5, 5.41) is 0. The summed E-state index contributed by atoms with van der Waals surface area (Å²) in [5.41, 5.74) is -0.0895.